The first-order valence-electron chi connectivity index (χ1n) is 6.98. The van der Waals surface area contributed by atoms with Gasteiger partial charge in [-0.15, -0.1) is 0 Å². The van der Waals surface area contributed by atoms with Crippen molar-refractivity contribution >= 4 is 5.91 Å². The molecule has 0 radical (unpaired) electrons. The Balaban J connectivity index is 2.28. The van der Waals surface area contributed by atoms with Gasteiger partial charge in [-0.1, -0.05) is 13.8 Å². The van der Waals surface area contributed by atoms with Crippen LogP contribution in [0.15, 0.2) is 0 Å². The fourth-order valence-corrected chi connectivity index (χ4v) is 2.30. The van der Waals surface area contributed by atoms with Gasteiger partial charge in [0.2, 0.25) is 5.91 Å². The first-order valence-corrected chi connectivity index (χ1v) is 6.98. The SMILES string of the molecule is CCCNC(=O)CN(CCC)CC1CCCN1. The third-order valence-corrected chi connectivity index (χ3v) is 3.12. The van der Waals surface area contributed by atoms with E-state index in [0.717, 1.165) is 39.0 Å². The Morgan fingerprint density at radius 2 is 2.24 bits per heavy atom. The first-order chi connectivity index (χ1) is 8.26. The van der Waals surface area contributed by atoms with Gasteiger partial charge >= 0.3 is 0 Å². The molecule has 0 aliphatic carbocycles. The maximum Gasteiger partial charge on any atom is 0.234 e. The fourth-order valence-electron chi connectivity index (χ4n) is 2.30. The molecule has 1 aliphatic heterocycles. The first kappa shape index (κ1) is 14.5. The second-order valence-electron chi connectivity index (χ2n) is 4.88. The van der Waals surface area contributed by atoms with Crippen LogP contribution in [-0.2, 0) is 4.79 Å². The van der Waals surface area contributed by atoms with Gasteiger partial charge in [-0.3, -0.25) is 9.69 Å². The predicted molar refractivity (Wildman–Crippen MR) is 71.1 cm³/mol. The van der Waals surface area contributed by atoms with Gasteiger partial charge in [0.15, 0.2) is 0 Å². The molecule has 2 N–H and O–H groups in total. The Morgan fingerprint density at radius 3 is 2.82 bits per heavy atom. The lowest BCUT2D eigenvalue weighted by atomic mass is 10.2. The van der Waals surface area contributed by atoms with Crippen LogP contribution in [0.25, 0.3) is 0 Å². The Morgan fingerprint density at radius 1 is 1.41 bits per heavy atom. The molecule has 1 fully saturated rings. The minimum absolute atomic E-state index is 0.165. The third-order valence-electron chi connectivity index (χ3n) is 3.12. The molecule has 1 saturated heterocycles. The molecule has 1 heterocycles. The molecule has 1 aliphatic rings. The lowest BCUT2D eigenvalue weighted by Crippen LogP contribution is -2.43. The third kappa shape index (κ3) is 6.03. The maximum absolute atomic E-state index is 11.7. The number of hydrogen-bond donors (Lipinski definition) is 2. The van der Waals surface area contributed by atoms with Crippen molar-refractivity contribution in [1.29, 1.82) is 0 Å². The fraction of sp³-hybridized carbons (Fsp3) is 0.923. The van der Waals surface area contributed by atoms with Gasteiger partial charge in [-0.2, -0.15) is 0 Å². The molecule has 0 spiro atoms. The van der Waals surface area contributed by atoms with Crippen molar-refractivity contribution in [2.45, 2.75) is 45.6 Å². The standard InChI is InChI=1S/C13H27N3O/c1-3-7-15-13(17)11-16(9-4-2)10-12-6-5-8-14-12/h12,14H,3-11H2,1-2H3,(H,15,17). The highest BCUT2D eigenvalue weighted by Crippen LogP contribution is 2.07. The summed E-state index contributed by atoms with van der Waals surface area (Å²) in [5, 5.41) is 6.43. The van der Waals surface area contributed by atoms with Crippen molar-refractivity contribution in [3.63, 3.8) is 0 Å². The molecule has 0 aromatic carbocycles. The number of carbonyl (C=O) groups excluding carboxylic acids is 1. The molecule has 0 aromatic heterocycles. The van der Waals surface area contributed by atoms with E-state index in [1.165, 1.54) is 12.8 Å². The summed E-state index contributed by atoms with van der Waals surface area (Å²) in [6.45, 7) is 8.73. The van der Waals surface area contributed by atoms with Crippen molar-refractivity contribution in [3.8, 4) is 0 Å². The van der Waals surface area contributed by atoms with Crippen LogP contribution in [0.3, 0.4) is 0 Å². The Hall–Kier alpha value is -0.610. The van der Waals surface area contributed by atoms with Crippen LogP contribution in [0, 0.1) is 0 Å². The van der Waals surface area contributed by atoms with Crippen LogP contribution in [0.5, 0.6) is 0 Å². The number of nitrogens with zero attached hydrogens (tertiary/aromatic N) is 1. The van der Waals surface area contributed by atoms with Crippen LogP contribution in [-0.4, -0.2) is 49.6 Å². The summed E-state index contributed by atoms with van der Waals surface area (Å²) in [7, 11) is 0. The summed E-state index contributed by atoms with van der Waals surface area (Å²) in [5.41, 5.74) is 0. The molecule has 17 heavy (non-hydrogen) atoms. The number of rotatable bonds is 8. The molecule has 1 atom stereocenters. The molecule has 0 saturated carbocycles. The van der Waals surface area contributed by atoms with Crippen molar-refractivity contribution in [2.75, 3.05) is 32.7 Å². The summed E-state index contributed by atoms with van der Waals surface area (Å²) in [6, 6.07) is 0.584. The van der Waals surface area contributed by atoms with Crippen molar-refractivity contribution in [2.24, 2.45) is 0 Å². The van der Waals surface area contributed by atoms with E-state index in [1.807, 2.05) is 0 Å². The topological polar surface area (TPSA) is 44.4 Å². The Labute approximate surface area is 105 Å². The molecule has 0 bridgehead atoms. The highest BCUT2D eigenvalue weighted by Gasteiger charge is 2.18. The molecular formula is C13H27N3O. The van der Waals surface area contributed by atoms with Gasteiger partial charge in [0.1, 0.15) is 0 Å². The van der Waals surface area contributed by atoms with E-state index in [-0.39, 0.29) is 5.91 Å². The van der Waals surface area contributed by atoms with Crippen LogP contribution >= 0.6 is 0 Å². The lowest BCUT2D eigenvalue weighted by molar-refractivity contribution is -0.122. The molecular weight excluding hydrogens is 214 g/mol. The number of carbonyl (C=O) groups is 1. The summed E-state index contributed by atoms with van der Waals surface area (Å²) in [6.07, 6.45) is 4.63. The lowest BCUT2D eigenvalue weighted by Gasteiger charge is -2.24. The summed E-state index contributed by atoms with van der Waals surface area (Å²) < 4.78 is 0. The zero-order chi connectivity index (χ0) is 12.5. The predicted octanol–water partition coefficient (Wildman–Crippen LogP) is 0.977. The minimum Gasteiger partial charge on any atom is -0.355 e. The van der Waals surface area contributed by atoms with Gasteiger partial charge in [-0.25, -0.2) is 0 Å². The summed E-state index contributed by atoms with van der Waals surface area (Å²) in [4.78, 5) is 14.0. The van der Waals surface area contributed by atoms with E-state index >= 15 is 0 Å². The summed E-state index contributed by atoms with van der Waals surface area (Å²) >= 11 is 0. The zero-order valence-corrected chi connectivity index (χ0v) is 11.3. The van der Waals surface area contributed by atoms with Gasteiger partial charge < -0.3 is 10.6 Å². The number of amides is 1. The monoisotopic (exact) mass is 241 g/mol. The highest BCUT2D eigenvalue weighted by atomic mass is 16.2. The average Bonchev–Trinajstić information content (AvgIpc) is 2.79. The second-order valence-corrected chi connectivity index (χ2v) is 4.88. The van der Waals surface area contributed by atoms with Crippen molar-refractivity contribution < 1.29 is 4.79 Å². The average molecular weight is 241 g/mol. The van der Waals surface area contributed by atoms with E-state index in [1.54, 1.807) is 0 Å². The molecule has 0 aromatic rings. The van der Waals surface area contributed by atoms with Gasteiger partial charge in [0.05, 0.1) is 6.54 Å². The highest BCUT2D eigenvalue weighted by molar-refractivity contribution is 5.77. The molecule has 4 heteroatoms. The van der Waals surface area contributed by atoms with Crippen molar-refractivity contribution in [1.82, 2.24) is 15.5 Å². The van der Waals surface area contributed by atoms with Gasteiger partial charge in [0.25, 0.3) is 0 Å². The molecule has 4 nitrogen and oxygen atoms in total. The number of nitrogens with one attached hydrogen (secondary N) is 2. The largest absolute Gasteiger partial charge is 0.355 e. The maximum atomic E-state index is 11.7. The van der Waals surface area contributed by atoms with E-state index in [0.29, 0.717) is 12.6 Å². The van der Waals surface area contributed by atoms with Crippen molar-refractivity contribution in [3.05, 3.63) is 0 Å². The normalized spacial score (nSPS) is 19.8. The van der Waals surface area contributed by atoms with E-state index < -0.39 is 0 Å². The molecule has 1 unspecified atom stereocenters. The van der Waals surface area contributed by atoms with E-state index in [9.17, 15) is 4.79 Å². The van der Waals surface area contributed by atoms with Crippen LogP contribution in [0.4, 0.5) is 0 Å². The van der Waals surface area contributed by atoms with E-state index in [2.05, 4.69) is 29.4 Å². The number of hydrogen-bond acceptors (Lipinski definition) is 3. The van der Waals surface area contributed by atoms with Crippen LogP contribution < -0.4 is 10.6 Å². The minimum atomic E-state index is 0.165. The van der Waals surface area contributed by atoms with Gasteiger partial charge in [-0.05, 0) is 38.8 Å². The smallest absolute Gasteiger partial charge is 0.234 e. The molecule has 1 rings (SSSR count). The quantitative estimate of drug-likeness (QED) is 0.666. The Bertz CT molecular complexity index is 215. The zero-order valence-electron chi connectivity index (χ0n) is 11.3. The van der Waals surface area contributed by atoms with E-state index in [4.69, 9.17) is 0 Å². The Kier molecular flexibility index (Phi) is 7.21. The molecule has 100 valence electrons. The van der Waals surface area contributed by atoms with Crippen LogP contribution in [0.1, 0.15) is 39.5 Å². The van der Waals surface area contributed by atoms with Crippen LogP contribution in [0.2, 0.25) is 0 Å². The molecule has 1 amide bonds. The summed E-state index contributed by atoms with van der Waals surface area (Å²) in [5.74, 6) is 0.165. The van der Waals surface area contributed by atoms with Gasteiger partial charge in [0, 0.05) is 19.1 Å². The second kappa shape index (κ2) is 8.48.